The lowest BCUT2D eigenvalue weighted by Crippen LogP contribution is -2.26. The molecule has 0 bridgehead atoms. The maximum Gasteiger partial charge on any atom is 0.311 e. The van der Waals surface area contributed by atoms with Gasteiger partial charge in [-0.15, -0.1) is 0 Å². The van der Waals surface area contributed by atoms with E-state index in [1.807, 2.05) is 25.1 Å². The number of esters is 1. The lowest BCUT2D eigenvalue weighted by molar-refractivity contribution is -0.145. The van der Waals surface area contributed by atoms with Crippen LogP contribution < -0.4 is 0 Å². The number of aromatic nitrogens is 1. The highest BCUT2D eigenvalue weighted by molar-refractivity contribution is 6.05. The number of H-pyrrole nitrogens is 1. The molecule has 0 aliphatic rings. The molecular weight excluding hydrogens is 358 g/mol. The van der Waals surface area contributed by atoms with E-state index >= 15 is 0 Å². The predicted molar refractivity (Wildman–Crippen MR) is 105 cm³/mol. The fourth-order valence-corrected chi connectivity index (χ4v) is 3.50. The molecule has 1 aromatic carbocycles. The van der Waals surface area contributed by atoms with Crippen molar-refractivity contribution in [2.24, 2.45) is 0 Å². The Morgan fingerprint density at radius 3 is 2.54 bits per heavy atom. The van der Waals surface area contributed by atoms with Gasteiger partial charge in [0.15, 0.2) is 11.9 Å². The number of nitrogens with one attached hydrogen (secondary N) is 1. The summed E-state index contributed by atoms with van der Waals surface area (Å²) in [4.78, 5) is 39.8. The summed E-state index contributed by atoms with van der Waals surface area (Å²) in [6.45, 7) is 8.40. The van der Waals surface area contributed by atoms with Gasteiger partial charge in [0, 0.05) is 22.2 Å². The second-order valence-corrected chi connectivity index (χ2v) is 7.11. The predicted octanol–water partition coefficient (Wildman–Crippen LogP) is 4.25. The van der Waals surface area contributed by atoms with Crippen molar-refractivity contribution in [3.8, 4) is 0 Å². The largest absolute Gasteiger partial charge is 0.464 e. The average molecular weight is 381 g/mol. The number of hydrogen-bond donors (Lipinski definition) is 1. The summed E-state index contributed by atoms with van der Waals surface area (Å²) in [6.07, 6.45) is 0.578. The van der Waals surface area contributed by atoms with Crippen LogP contribution in [0.5, 0.6) is 0 Å². The highest BCUT2D eigenvalue weighted by Crippen LogP contribution is 2.24. The topological polar surface area (TPSA) is 89.4 Å². The van der Waals surface area contributed by atoms with E-state index in [2.05, 4.69) is 4.98 Å². The zero-order valence-electron chi connectivity index (χ0n) is 16.6. The van der Waals surface area contributed by atoms with Gasteiger partial charge in [-0.1, -0.05) is 12.1 Å². The van der Waals surface area contributed by atoms with Crippen LogP contribution in [0.25, 0.3) is 11.0 Å². The van der Waals surface area contributed by atoms with Crippen molar-refractivity contribution in [2.75, 3.05) is 0 Å². The van der Waals surface area contributed by atoms with Crippen molar-refractivity contribution in [1.29, 1.82) is 0 Å². The van der Waals surface area contributed by atoms with Crippen LogP contribution >= 0.6 is 0 Å². The van der Waals surface area contributed by atoms with Crippen LogP contribution in [0.4, 0.5) is 0 Å². The summed E-state index contributed by atoms with van der Waals surface area (Å²) in [6, 6.07) is 5.75. The van der Waals surface area contributed by atoms with E-state index < -0.39 is 12.1 Å². The quantitative estimate of drug-likeness (QED) is 0.509. The van der Waals surface area contributed by atoms with Gasteiger partial charge in [-0.25, -0.2) is 0 Å². The van der Waals surface area contributed by atoms with Crippen LogP contribution in [0.2, 0.25) is 0 Å². The first-order valence-corrected chi connectivity index (χ1v) is 9.09. The third-order valence-electron chi connectivity index (χ3n) is 4.86. The highest BCUT2D eigenvalue weighted by Gasteiger charge is 2.26. The van der Waals surface area contributed by atoms with Gasteiger partial charge in [0.2, 0.25) is 5.78 Å². The van der Waals surface area contributed by atoms with Crippen molar-refractivity contribution in [3.63, 3.8) is 0 Å². The van der Waals surface area contributed by atoms with Gasteiger partial charge in [-0.05, 0) is 51.8 Å². The third kappa shape index (κ3) is 3.63. The normalized spacial score (nSPS) is 12.2. The number of Topliss-reactive ketones (excluding diaryl/α,β-unsaturated/α-hetero) is 2. The van der Waals surface area contributed by atoms with Gasteiger partial charge in [0.05, 0.1) is 18.4 Å². The fraction of sp³-hybridized carbons (Fsp3) is 0.318. The molecule has 28 heavy (non-hydrogen) atoms. The molecule has 1 N–H and O–H groups in total. The molecule has 0 unspecified atom stereocenters. The Labute approximate surface area is 162 Å². The number of aromatic amines is 1. The van der Waals surface area contributed by atoms with Gasteiger partial charge in [-0.3, -0.25) is 14.4 Å². The van der Waals surface area contributed by atoms with Crippen LogP contribution in [0, 0.1) is 20.8 Å². The first kappa shape index (κ1) is 19.6. The van der Waals surface area contributed by atoms with Crippen LogP contribution in [0.3, 0.4) is 0 Å². The molecule has 0 aliphatic carbocycles. The molecule has 146 valence electrons. The van der Waals surface area contributed by atoms with Crippen LogP contribution in [-0.4, -0.2) is 28.6 Å². The van der Waals surface area contributed by atoms with E-state index in [0.29, 0.717) is 33.7 Å². The first-order chi connectivity index (χ1) is 13.2. The lowest BCUT2D eigenvalue weighted by atomic mass is 10.0. The van der Waals surface area contributed by atoms with Gasteiger partial charge < -0.3 is 14.1 Å². The summed E-state index contributed by atoms with van der Waals surface area (Å²) in [5.41, 5.74) is 4.50. The van der Waals surface area contributed by atoms with Crippen molar-refractivity contribution in [2.45, 2.75) is 47.1 Å². The van der Waals surface area contributed by atoms with Crippen molar-refractivity contribution < 1.29 is 23.5 Å². The standard InChI is InChI=1S/C22H23NO5/c1-11-6-7-17-16(10-27-18(17)8-11)9-19(25)28-15(5)22(26)21-12(2)20(14(4)24)13(3)23-21/h6-8,10,15,23H,9H2,1-5H3/t15-/m0/s1. The second-order valence-electron chi connectivity index (χ2n) is 7.11. The Morgan fingerprint density at radius 2 is 1.89 bits per heavy atom. The molecule has 6 heteroatoms. The summed E-state index contributed by atoms with van der Waals surface area (Å²) >= 11 is 0. The molecule has 6 nitrogen and oxygen atoms in total. The molecule has 0 radical (unpaired) electrons. The van der Waals surface area contributed by atoms with Crippen molar-refractivity contribution in [1.82, 2.24) is 4.98 Å². The number of furan rings is 1. The number of carbonyl (C=O) groups excluding carboxylic acids is 3. The smallest absolute Gasteiger partial charge is 0.311 e. The Balaban J connectivity index is 1.72. The Morgan fingerprint density at radius 1 is 1.18 bits per heavy atom. The zero-order valence-corrected chi connectivity index (χ0v) is 16.6. The summed E-state index contributed by atoms with van der Waals surface area (Å²) in [5.74, 6) is -0.997. The lowest BCUT2D eigenvalue weighted by Gasteiger charge is -2.12. The molecule has 3 aromatic rings. The van der Waals surface area contributed by atoms with E-state index in [-0.39, 0.29) is 18.0 Å². The van der Waals surface area contributed by atoms with E-state index in [9.17, 15) is 14.4 Å². The van der Waals surface area contributed by atoms with Gasteiger partial charge >= 0.3 is 5.97 Å². The van der Waals surface area contributed by atoms with E-state index in [1.165, 1.54) is 20.1 Å². The van der Waals surface area contributed by atoms with E-state index in [1.54, 1.807) is 13.8 Å². The molecular formula is C22H23NO5. The monoisotopic (exact) mass is 381 g/mol. The molecule has 1 atom stereocenters. The minimum absolute atomic E-state index is 0.00904. The Bertz CT molecular complexity index is 1090. The third-order valence-corrected chi connectivity index (χ3v) is 4.86. The maximum absolute atomic E-state index is 12.7. The van der Waals surface area contributed by atoms with Crippen molar-refractivity contribution in [3.05, 3.63) is 58.1 Å². The van der Waals surface area contributed by atoms with Gasteiger partial charge in [0.1, 0.15) is 5.58 Å². The number of ketones is 2. The molecule has 0 spiro atoms. The molecule has 2 aromatic heterocycles. The second kappa shape index (κ2) is 7.46. The van der Waals surface area contributed by atoms with E-state index in [4.69, 9.17) is 9.15 Å². The van der Waals surface area contributed by atoms with Crippen molar-refractivity contribution >= 4 is 28.5 Å². The summed E-state index contributed by atoms with van der Waals surface area (Å²) in [7, 11) is 0. The van der Waals surface area contributed by atoms with Gasteiger partial charge in [-0.2, -0.15) is 0 Å². The summed E-state index contributed by atoms with van der Waals surface area (Å²) < 4.78 is 10.8. The molecule has 0 amide bonds. The molecule has 0 saturated carbocycles. The molecule has 0 saturated heterocycles. The molecule has 2 heterocycles. The highest BCUT2D eigenvalue weighted by atomic mass is 16.5. The summed E-state index contributed by atoms with van der Waals surface area (Å²) in [5, 5.41) is 0.850. The Hall–Kier alpha value is -3.15. The number of hydrogen-bond acceptors (Lipinski definition) is 5. The maximum atomic E-state index is 12.7. The average Bonchev–Trinajstić information content (AvgIpc) is 3.13. The Kier molecular flexibility index (Phi) is 5.23. The minimum atomic E-state index is -0.968. The number of rotatable bonds is 6. The first-order valence-electron chi connectivity index (χ1n) is 9.09. The number of carbonyl (C=O) groups is 3. The number of aryl methyl sites for hydroxylation is 2. The van der Waals surface area contributed by atoms with Gasteiger partial charge in [0.25, 0.3) is 0 Å². The van der Waals surface area contributed by atoms with E-state index in [0.717, 1.165) is 10.9 Å². The van der Waals surface area contributed by atoms with Crippen LogP contribution in [0.1, 0.15) is 57.1 Å². The number of ether oxygens (including phenoxy) is 1. The molecule has 0 aliphatic heterocycles. The number of benzene rings is 1. The van der Waals surface area contributed by atoms with Crippen LogP contribution in [0.15, 0.2) is 28.9 Å². The van der Waals surface area contributed by atoms with Crippen LogP contribution in [-0.2, 0) is 16.0 Å². The molecule has 0 fully saturated rings. The SMILES string of the molecule is CC(=O)c1c(C)[nH]c(C(=O)[C@H](C)OC(=O)Cc2coc3cc(C)ccc23)c1C. The zero-order chi connectivity index (χ0) is 20.6. The molecule has 3 rings (SSSR count). The number of fused-ring (bicyclic) bond motifs is 1. The fourth-order valence-electron chi connectivity index (χ4n) is 3.50. The minimum Gasteiger partial charge on any atom is -0.464 e.